The van der Waals surface area contributed by atoms with E-state index in [4.69, 9.17) is 16.7 Å². The summed E-state index contributed by atoms with van der Waals surface area (Å²) in [6.45, 7) is 2.57. The van der Waals surface area contributed by atoms with Crippen LogP contribution in [0.15, 0.2) is 54.2 Å². The summed E-state index contributed by atoms with van der Waals surface area (Å²) in [4.78, 5) is 23.9. The highest BCUT2D eigenvalue weighted by Gasteiger charge is 2.39. The monoisotopic (exact) mass is 448 g/mol. The van der Waals surface area contributed by atoms with Gasteiger partial charge in [0.15, 0.2) is 11.6 Å². The number of aryl methyl sites for hydroxylation is 1. The van der Waals surface area contributed by atoms with Crippen molar-refractivity contribution in [2.24, 2.45) is 0 Å². The van der Waals surface area contributed by atoms with E-state index in [1.54, 1.807) is 30.3 Å². The number of hydrogen-bond acceptors (Lipinski definition) is 5. The Morgan fingerprint density at radius 2 is 1.83 bits per heavy atom. The van der Waals surface area contributed by atoms with Crippen LogP contribution in [0.1, 0.15) is 40.0 Å². The number of ketones is 2. The topological polar surface area (TPSA) is 104 Å². The van der Waals surface area contributed by atoms with Gasteiger partial charge in [-0.1, -0.05) is 48.0 Å². The Bertz CT molecular complexity index is 1130. The quantitative estimate of drug-likeness (QED) is 0.661. The number of carbonyl (C=O) groups is 2. The summed E-state index contributed by atoms with van der Waals surface area (Å²) < 4.78 is 29.2. The van der Waals surface area contributed by atoms with Crippen LogP contribution in [-0.2, 0) is 21.5 Å². The predicted molar refractivity (Wildman–Crippen MR) is 113 cm³/mol. The third kappa shape index (κ3) is 4.46. The molecule has 0 aliphatic carbocycles. The van der Waals surface area contributed by atoms with Crippen molar-refractivity contribution in [3.8, 4) is 0 Å². The molecule has 0 radical (unpaired) electrons. The summed E-state index contributed by atoms with van der Waals surface area (Å²) >= 11 is 6.42. The van der Waals surface area contributed by atoms with E-state index in [1.165, 1.54) is 29.6 Å². The van der Waals surface area contributed by atoms with Gasteiger partial charge < -0.3 is 5.11 Å². The van der Waals surface area contributed by atoms with Crippen LogP contribution in [0.2, 0.25) is 5.02 Å². The van der Waals surface area contributed by atoms with Gasteiger partial charge >= 0.3 is 10.2 Å². The lowest BCUT2D eigenvalue weighted by Crippen LogP contribution is -2.46. The van der Waals surface area contributed by atoms with Gasteiger partial charge in [-0.15, -0.1) is 0 Å². The Kier molecular flexibility index (Phi) is 6.42. The lowest BCUT2D eigenvalue weighted by molar-refractivity contribution is -0.114. The standard InChI is InChI=1S/C21H21ClN2O5S/c1-13-3-8-17(19(22)9-13)21-18(14(2)26)10-23-30(28,29)24(21)11-15-4-6-16(7-5-15)20(27)12-25/h3-10,21,23,25H,11-12H2,1-2H3. The number of halogens is 1. The first kappa shape index (κ1) is 22.2. The number of aliphatic hydroxyl groups excluding tert-OH is 1. The smallest absolute Gasteiger partial charge is 0.302 e. The fourth-order valence-corrected chi connectivity index (χ4v) is 4.87. The Morgan fingerprint density at radius 3 is 2.40 bits per heavy atom. The first-order valence-electron chi connectivity index (χ1n) is 9.13. The molecule has 0 fully saturated rings. The SMILES string of the molecule is CC(=O)C1=CNS(=O)(=O)N(Cc2ccc(C(=O)CO)cc2)C1c1ccc(C)cc1Cl. The molecule has 0 saturated heterocycles. The maximum absolute atomic E-state index is 12.9. The van der Waals surface area contributed by atoms with Gasteiger partial charge in [0.25, 0.3) is 0 Å². The lowest BCUT2D eigenvalue weighted by Gasteiger charge is -2.35. The zero-order valence-corrected chi connectivity index (χ0v) is 18.0. The molecule has 1 unspecified atom stereocenters. The van der Waals surface area contributed by atoms with Gasteiger partial charge in [-0.25, -0.2) is 0 Å². The molecule has 3 rings (SSSR count). The van der Waals surface area contributed by atoms with E-state index in [0.717, 1.165) is 5.56 Å². The van der Waals surface area contributed by atoms with E-state index in [0.29, 0.717) is 21.7 Å². The summed E-state index contributed by atoms with van der Waals surface area (Å²) in [7, 11) is -3.95. The third-order valence-electron chi connectivity index (χ3n) is 4.87. The molecule has 1 aliphatic rings. The molecule has 0 amide bonds. The van der Waals surface area contributed by atoms with Gasteiger partial charge in [0.2, 0.25) is 0 Å². The molecule has 0 bridgehead atoms. The molecule has 0 saturated carbocycles. The van der Waals surface area contributed by atoms with Crippen LogP contribution < -0.4 is 4.72 Å². The number of aliphatic hydroxyl groups is 1. The molecule has 9 heteroatoms. The highest BCUT2D eigenvalue weighted by Crippen LogP contribution is 2.38. The number of hydrogen-bond donors (Lipinski definition) is 2. The first-order valence-corrected chi connectivity index (χ1v) is 10.9. The van der Waals surface area contributed by atoms with Gasteiger partial charge in [-0.3, -0.25) is 14.3 Å². The van der Waals surface area contributed by atoms with Gasteiger partial charge in [0, 0.05) is 28.9 Å². The Balaban J connectivity index is 2.07. The molecular formula is C21H21ClN2O5S. The molecule has 2 aromatic carbocycles. The zero-order valence-electron chi connectivity index (χ0n) is 16.4. The maximum atomic E-state index is 12.9. The van der Waals surface area contributed by atoms with Crippen molar-refractivity contribution in [1.29, 1.82) is 0 Å². The number of Topliss-reactive ketones (excluding diaryl/α,β-unsaturated/α-hetero) is 2. The third-order valence-corrected chi connectivity index (χ3v) is 6.57. The first-order chi connectivity index (χ1) is 14.1. The number of nitrogens with one attached hydrogen (secondary N) is 1. The average molecular weight is 449 g/mol. The Hall–Kier alpha value is -2.52. The Labute approximate surface area is 180 Å². The van der Waals surface area contributed by atoms with Crippen LogP contribution in [0, 0.1) is 6.92 Å². The molecule has 2 N–H and O–H groups in total. The van der Waals surface area contributed by atoms with E-state index in [9.17, 15) is 18.0 Å². The largest absolute Gasteiger partial charge is 0.388 e. The normalized spacial score (nSPS) is 18.4. The van der Waals surface area contributed by atoms with Crippen LogP contribution in [0.3, 0.4) is 0 Å². The number of benzene rings is 2. The second-order valence-corrected chi connectivity index (χ2v) is 9.09. The predicted octanol–water partition coefficient (Wildman–Crippen LogP) is 2.69. The number of carbonyl (C=O) groups excluding carboxylic acids is 2. The lowest BCUT2D eigenvalue weighted by atomic mass is 9.95. The molecule has 2 aromatic rings. The van der Waals surface area contributed by atoms with Crippen molar-refractivity contribution in [2.45, 2.75) is 26.4 Å². The van der Waals surface area contributed by atoms with Crippen molar-refractivity contribution in [2.75, 3.05) is 6.61 Å². The van der Waals surface area contributed by atoms with Crippen molar-refractivity contribution in [3.63, 3.8) is 0 Å². The molecule has 0 spiro atoms. The minimum Gasteiger partial charge on any atom is -0.388 e. The molecule has 30 heavy (non-hydrogen) atoms. The minimum atomic E-state index is -3.95. The van der Waals surface area contributed by atoms with E-state index in [1.807, 2.05) is 6.92 Å². The summed E-state index contributed by atoms with van der Waals surface area (Å²) in [6, 6.07) is 10.6. The van der Waals surface area contributed by atoms with Gasteiger partial charge in [-0.2, -0.15) is 12.7 Å². The number of rotatable bonds is 6. The molecule has 1 aliphatic heterocycles. The van der Waals surface area contributed by atoms with E-state index in [-0.39, 0.29) is 17.9 Å². The highest BCUT2D eigenvalue weighted by atomic mass is 35.5. The van der Waals surface area contributed by atoms with Crippen molar-refractivity contribution >= 4 is 33.4 Å². The molecule has 0 aromatic heterocycles. The van der Waals surface area contributed by atoms with Gasteiger partial charge in [0.1, 0.15) is 6.61 Å². The number of nitrogens with zero attached hydrogens (tertiary/aromatic N) is 1. The van der Waals surface area contributed by atoms with Crippen LogP contribution in [-0.4, -0.2) is 36.0 Å². The molecule has 1 atom stereocenters. The van der Waals surface area contributed by atoms with Crippen molar-refractivity contribution < 1.29 is 23.1 Å². The summed E-state index contributed by atoms with van der Waals surface area (Å²) in [6.07, 6.45) is 1.21. The minimum absolute atomic E-state index is 0.0532. The maximum Gasteiger partial charge on any atom is 0.302 e. The summed E-state index contributed by atoms with van der Waals surface area (Å²) in [5, 5.41) is 9.34. The molecule has 158 valence electrons. The molecule has 7 nitrogen and oxygen atoms in total. The van der Waals surface area contributed by atoms with Crippen LogP contribution in [0.25, 0.3) is 0 Å². The zero-order chi connectivity index (χ0) is 22.1. The summed E-state index contributed by atoms with van der Waals surface area (Å²) in [5.41, 5.74) is 2.60. The second kappa shape index (κ2) is 8.69. The van der Waals surface area contributed by atoms with Crippen LogP contribution in [0.5, 0.6) is 0 Å². The summed E-state index contributed by atoms with van der Waals surface area (Å²) in [5.74, 6) is -0.715. The van der Waals surface area contributed by atoms with Crippen LogP contribution >= 0.6 is 11.6 Å². The van der Waals surface area contributed by atoms with E-state index in [2.05, 4.69) is 4.72 Å². The second-order valence-electron chi connectivity index (χ2n) is 7.03. The van der Waals surface area contributed by atoms with Gasteiger partial charge in [-0.05, 0) is 36.6 Å². The van der Waals surface area contributed by atoms with Crippen LogP contribution in [0.4, 0.5) is 0 Å². The average Bonchev–Trinajstić information content (AvgIpc) is 2.69. The molecular weight excluding hydrogens is 428 g/mol. The van der Waals surface area contributed by atoms with E-state index < -0.39 is 28.6 Å². The fourth-order valence-electron chi connectivity index (χ4n) is 3.29. The fraction of sp³-hybridized carbons (Fsp3) is 0.238. The molecule has 1 heterocycles. The van der Waals surface area contributed by atoms with Crippen molar-refractivity contribution in [3.05, 3.63) is 81.5 Å². The van der Waals surface area contributed by atoms with Gasteiger partial charge in [0.05, 0.1) is 6.04 Å². The highest BCUT2D eigenvalue weighted by molar-refractivity contribution is 7.87. The van der Waals surface area contributed by atoms with Crippen molar-refractivity contribution in [1.82, 2.24) is 9.03 Å². The Morgan fingerprint density at radius 1 is 1.17 bits per heavy atom. The van der Waals surface area contributed by atoms with E-state index >= 15 is 0 Å².